The number of carbonyl (C=O) groups is 1. The first-order valence-corrected chi connectivity index (χ1v) is 8.04. The van der Waals surface area contributed by atoms with Crippen LogP contribution in [0.2, 0.25) is 0 Å². The second kappa shape index (κ2) is 7.34. The first kappa shape index (κ1) is 17.0. The Balaban J connectivity index is 1.76. The van der Waals surface area contributed by atoms with Gasteiger partial charge in [0.2, 0.25) is 0 Å². The smallest absolute Gasteiger partial charge is 0.252 e. The average molecular weight is 343 g/mol. The molecule has 0 aromatic heterocycles. The molecule has 1 aliphatic rings. The summed E-state index contributed by atoms with van der Waals surface area (Å²) in [6.07, 6.45) is 0. The number of benzene rings is 2. The lowest BCUT2D eigenvalue weighted by Crippen LogP contribution is -2.27. The monoisotopic (exact) mass is 343 g/mol. The number of methoxy groups -OCH3 is 2. The average Bonchev–Trinajstić information content (AvgIpc) is 2.66. The molecule has 2 aromatic carbocycles. The van der Waals surface area contributed by atoms with Crippen molar-refractivity contribution in [2.75, 3.05) is 27.4 Å². The van der Waals surface area contributed by atoms with Gasteiger partial charge in [-0.2, -0.15) is 0 Å². The maximum absolute atomic E-state index is 12.6. The van der Waals surface area contributed by atoms with Crippen molar-refractivity contribution in [2.24, 2.45) is 0 Å². The van der Waals surface area contributed by atoms with Crippen molar-refractivity contribution in [3.05, 3.63) is 47.5 Å². The molecule has 1 unspecified atom stereocenters. The summed E-state index contributed by atoms with van der Waals surface area (Å²) in [7, 11) is 3.10. The normalized spacial score (nSPS) is 13.7. The Bertz CT molecular complexity index is 752. The van der Waals surface area contributed by atoms with Crippen LogP contribution in [-0.4, -0.2) is 33.3 Å². The van der Waals surface area contributed by atoms with Crippen LogP contribution < -0.4 is 24.3 Å². The lowest BCUT2D eigenvalue weighted by Gasteiger charge is -2.21. The largest absolute Gasteiger partial charge is 0.497 e. The summed E-state index contributed by atoms with van der Waals surface area (Å²) >= 11 is 0. The van der Waals surface area contributed by atoms with Crippen LogP contribution in [0.15, 0.2) is 36.4 Å². The number of hydrogen-bond donors (Lipinski definition) is 1. The molecule has 25 heavy (non-hydrogen) atoms. The summed E-state index contributed by atoms with van der Waals surface area (Å²) in [5.41, 5.74) is 1.41. The predicted molar refractivity (Wildman–Crippen MR) is 92.9 cm³/mol. The van der Waals surface area contributed by atoms with Gasteiger partial charge in [0.15, 0.2) is 11.5 Å². The number of carbonyl (C=O) groups excluding carboxylic acids is 1. The standard InChI is InChI=1S/C19H21NO5/c1-12(13-4-5-17-18(10-13)25-7-6-24-17)20-19(21)14-8-15(22-2)11-16(9-14)23-3/h4-5,8-12H,6-7H2,1-3H3,(H,20,21). The summed E-state index contributed by atoms with van der Waals surface area (Å²) in [5, 5.41) is 2.98. The van der Waals surface area contributed by atoms with E-state index in [4.69, 9.17) is 18.9 Å². The topological polar surface area (TPSA) is 66.0 Å². The number of fused-ring (bicyclic) bond motifs is 1. The van der Waals surface area contributed by atoms with Crippen molar-refractivity contribution in [3.8, 4) is 23.0 Å². The second-order valence-electron chi connectivity index (χ2n) is 5.70. The highest BCUT2D eigenvalue weighted by molar-refractivity contribution is 5.95. The van der Waals surface area contributed by atoms with Crippen LogP contribution in [0.3, 0.4) is 0 Å². The second-order valence-corrected chi connectivity index (χ2v) is 5.70. The first-order chi connectivity index (χ1) is 12.1. The van der Waals surface area contributed by atoms with Gasteiger partial charge in [0.05, 0.1) is 20.3 Å². The van der Waals surface area contributed by atoms with E-state index in [9.17, 15) is 4.79 Å². The molecular formula is C19H21NO5. The molecule has 1 amide bonds. The van der Waals surface area contributed by atoms with E-state index in [2.05, 4.69) is 5.32 Å². The van der Waals surface area contributed by atoms with Gasteiger partial charge in [-0.1, -0.05) is 6.07 Å². The maximum Gasteiger partial charge on any atom is 0.252 e. The lowest BCUT2D eigenvalue weighted by molar-refractivity contribution is 0.0939. The maximum atomic E-state index is 12.6. The van der Waals surface area contributed by atoms with Gasteiger partial charge in [0, 0.05) is 11.6 Å². The van der Waals surface area contributed by atoms with E-state index >= 15 is 0 Å². The molecule has 1 aliphatic heterocycles. The fourth-order valence-corrected chi connectivity index (χ4v) is 2.63. The van der Waals surface area contributed by atoms with Gasteiger partial charge >= 0.3 is 0 Å². The Morgan fingerprint density at radius 3 is 2.28 bits per heavy atom. The van der Waals surface area contributed by atoms with Gasteiger partial charge in [-0.3, -0.25) is 4.79 Å². The number of amides is 1. The molecule has 0 bridgehead atoms. The molecule has 1 heterocycles. The van der Waals surface area contributed by atoms with Crippen molar-refractivity contribution in [1.82, 2.24) is 5.32 Å². The molecule has 132 valence electrons. The fraction of sp³-hybridized carbons (Fsp3) is 0.316. The quantitative estimate of drug-likeness (QED) is 0.904. The van der Waals surface area contributed by atoms with Crippen LogP contribution in [-0.2, 0) is 0 Å². The molecule has 0 spiro atoms. The van der Waals surface area contributed by atoms with E-state index in [1.807, 2.05) is 25.1 Å². The van der Waals surface area contributed by atoms with Crippen molar-refractivity contribution in [3.63, 3.8) is 0 Å². The molecule has 0 saturated heterocycles. The third-order valence-electron chi connectivity index (χ3n) is 4.03. The summed E-state index contributed by atoms with van der Waals surface area (Å²) in [4.78, 5) is 12.6. The third-order valence-corrected chi connectivity index (χ3v) is 4.03. The van der Waals surface area contributed by atoms with Crippen molar-refractivity contribution in [2.45, 2.75) is 13.0 Å². The summed E-state index contributed by atoms with van der Waals surface area (Å²) in [6.45, 7) is 3.00. The van der Waals surface area contributed by atoms with Crippen LogP contribution in [0.1, 0.15) is 28.9 Å². The predicted octanol–water partition coefficient (Wildman–Crippen LogP) is 2.97. The molecule has 0 aliphatic carbocycles. The SMILES string of the molecule is COc1cc(OC)cc(C(=O)NC(C)c2ccc3c(c2)OCCO3)c1. The Morgan fingerprint density at radius 2 is 1.64 bits per heavy atom. The van der Waals surface area contributed by atoms with Crippen LogP contribution in [0.5, 0.6) is 23.0 Å². The highest BCUT2D eigenvalue weighted by Crippen LogP contribution is 2.32. The van der Waals surface area contributed by atoms with E-state index in [0.717, 1.165) is 11.3 Å². The van der Waals surface area contributed by atoms with Crippen LogP contribution in [0.4, 0.5) is 0 Å². The summed E-state index contributed by atoms with van der Waals surface area (Å²) in [6, 6.07) is 10.6. The van der Waals surface area contributed by atoms with Gasteiger partial charge in [-0.15, -0.1) is 0 Å². The molecule has 6 nitrogen and oxygen atoms in total. The molecule has 0 radical (unpaired) electrons. The van der Waals surface area contributed by atoms with Crippen molar-refractivity contribution < 1.29 is 23.7 Å². The molecule has 1 N–H and O–H groups in total. The lowest BCUT2D eigenvalue weighted by atomic mass is 10.1. The van der Waals surface area contributed by atoms with E-state index in [1.54, 1.807) is 32.4 Å². The highest BCUT2D eigenvalue weighted by atomic mass is 16.6. The van der Waals surface area contributed by atoms with E-state index in [1.165, 1.54) is 0 Å². The zero-order valence-electron chi connectivity index (χ0n) is 14.5. The Labute approximate surface area is 146 Å². The molecule has 0 saturated carbocycles. The van der Waals surface area contributed by atoms with Gasteiger partial charge in [0.1, 0.15) is 24.7 Å². The zero-order chi connectivity index (χ0) is 17.8. The highest BCUT2D eigenvalue weighted by Gasteiger charge is 2.17. The minimum Gasteiger partial charge on any atom is -0.497 e. The molecule has 3 rings (SSSR count). The first-order valence-electron chi connectivity index (χ1n) is 8.04. The number of nitrogens with one attached hydrogen (secondary N) is 1. The van der Waals surface area contributed by atoms with E-state index in [-0.39, 0.29) is 11.9 Å². The van der Waals surface area contributed by atoms with Crippen molar-refractivity contribution in [1.29, 1.82) is 0 Å². The molecule has 1 atom stereocenters. The van der Waals surface area contributed by atoms with E-state index in [0.29, 0.717) is 36.0 Å². The van der Waals surface area contributed by atoms with Crippen LogP contribution >= 0.6 is 0 Å². The van der Waals surface area contributed by atoms with Gasteiger partial charge in [-0.25, -0.2) is 0 Å². The van der Waals surface area contributed by atoms with Gasteiger partial charge < -0.3 is 24.3 Å². The van der Waals surface area contributed by atoms with Gasteiger partial charge in [0.25, 0.3) is 5.91 Å². The molecule has 0 fully saturated rings. The zero-order valence-corrected chi connectivity index (χ0v) is 14.5. The minimum absolute atomic E-state index is 0.194. The summed E-state index contributed by atoms with van der Waals surface area (Å²) in [5.74, 6) is 2.35. The number of rotatable bonds is 5. The minimum atomic E-state index is -0.209. The number of hydrogen-bond acceptors (Lipinski definition) is 5. The fourth-order valence-electron chi connectivity index (χ4n) is 2.63. The molecule has 6 heteroatoms. The van der Waals surface area contributed by atoms with Crippen LogP contribution in [0.25, 0.3) is 0 Å². The Morgan fingerprint density at radius 1 is 1.00 bits per heavy atom. The molecular weight excluding hydrogens is 322 g/mol. The molecule has 2 aromatic rings. The number of ether oxygens (including phenoxy) is 4. The third kappa shape index (κ3) is 3.79. The van der Waals surface area contributed by atoms with Crippen molar-refractivity contribution >= 4 is 5.91 Å². The van der Waals surface area contributed by atoms with Gasteiger partial charge in [-0.05, 0) is 36.8 Å². The van der Waals surface area contributed by atoms with Crippen LogP contribution in [0, 0.1) is 0 Å². The van der Waals surface area contributed by atoms with E-state index < -0.39 is 0 Å². The summed E-state index contributed by atoms with van der Waals surface area (Å²) < 4.78 is 21.5. The Kier molecular flexibility index (Phi) is 4.97. The Hall–Kier alpha value is -2.89.